The molecule has 0 unspecified atom stereocenters. The van der Waals surface area contributed by atoms with Crippen molar-refractivity contribution in [3.05, 3.63) is 48.5 Å². The quantitative estimate of drug-likeness (QED) is 0.761. The zero-order valence-corrected chi connectivity index (χ0v) is 17.2. The lowest BCUT2D eigenvalue weighted by Crippen LogP contribution is -2.35. The second-order valence-corrected chi connectivity index (χ2v) is 9.59. The molecular weight excluding hydrogens is 388 g/mol. The number of piperidine rings is 1. The number of carbonyl (C=O) groups excluding carboxylic acids is 1. The third-order valence-corrected chi connectivity index (χ3v) is 7.50. The molecule has 0 radical (unpaired) electrons. The second-order valence-electron chi connectivity index (χ2n) is 7.65. The molecule has 1 heterocycles. The number of carbonyl (C=O) groups is 1. The van der Waals surface area contributed by atoms with Crippen molar-refractivity contribution in [2.24, 2.45) is 5.92 Å². The zero-order chi connectivity index (χ0) is 20.3. The molecule has 6 nitrogen and oxygen atoms in total. The number of nitrogens with zero attached hydrogens (tertiary/aromatic N) is 1. The van der Waals surface area contributed by atoms with Crippen LogP contribution in [0.15, 0.2) is 53.4 Å². The number of nitrogens with one attached hydrogen (secondary N) is 1. The van der Waals surface area contributed by atoms with Gasteiger partial charge in [-0.05, 0) is 56.0 Å². The molecule has 1 aliphatic heterocycles. The minimum atomic E-state index is -3.60. The SMILES string of the molecule is O=C(Nc1cc(S(=O)(=O)N2CCCCC2)ccc1Oc1ccccc1)C1CCC1. The molecule has 0 aromatic heterocycles. The van der Waals surface area contributed by atoms with Crippen molar-refractivity contribution < 1.29 is 17.9 Å². The molecule has 0 atom stereocenters. The van der Waals surface area contributed by atoms with E-state index >= 15 is 0 Å². The van der Waals surface area contributed by atoms with E-state index in [1.165, 1.54) is 10.4 Å². The van der Waals surface area contributed by atoms with Crippen molar-refractivity contribution in [3.63, 3.8) is 0 Å². The van der Waals surface area contributed by atoms with E-state index in [-0.39, 0.29) is 16.7 Å². The van der Waals surface area contributed by atoms with Crippen LogP contribution in [-0.2, 0) is 14.8 Å². The average Bonchev–Trinajstić information content (AvgIpc) is 2.69. The molecule has 1 saturated heterocycles. The Morgan fingerprint density at radius 1 is 0.966 bits per heavy atom. The Labute approximate surface area is 171 Å². The summed E-state index contributed by atoms with van der Waals surface area (Å²) in [4.78, 5) is 12.7. The second kappa shape index (κ2) is 8.55. The van der Waals surface area contributed by atoms with E-state index in [0.717, 1.165) is 38.5 Å². The molecule has 2 aromatic rings. The molecule has 2 aromatic carbocycles. The Morgan fingerprint density at radius 2 is 1.69 bits per heavy atom. The third-order valence-electron chi connectivity index (χ3n) is 5.61. The molecule has 2 fully saturated rings. The van der Waals surface area contributed by atoms with Gasteiger partial charge in [-0.3, -0.25) is 4.79 Å². The largest absolute Gasteiger partial charge is 0.455 e. The van der Waals surface area contributed by atoms with Gasteiger partial charge in [-0.25, -0.2) is 8.42 Å². The van der Waals surface area contributed by atoms with Crippen LogP contribution in [0.25, 0.3) is 0 Å². The van der Waals surface area contributed by atoms with Crippen molar-refractivity contribution in [2.45, 2.75) is 43.4 Å². The molecular formula is C22H26N2O4S. The van der Waals surface area contributed by atoms with Gasteiger partial charge in [0.05, 0.1) is 10.6 Å². The molecule has 7 heteroatoms. The summed E-state index contributed by atoms with van der Waals surface area (Å²) in [5.74, 6) is 0.961. The number of hydrogen-bond acceptors (Lipinski definition) is 4. The summed E-state index contributed by atoms with van der Waals surface area (Å²) in [6, 6.07) is 13.9. The van der Waals surface area contributed by atoms with Crippen LogP contribution in [0.1, 0.15) is 38.5 Å². The van der Waals surface area contributed by atoms with Crippen LogP contribution in [0.2, 0.25) is 0 Å². The van der Waals surface area contributed by atoms with Gasteiger partial charge in [0.1, 0.15) is 5.75 Å². The molecule has 2 aliphatic rings. The number of benzene rings is 2. The topological polar surface area (TPSA) is 75.7 Å². The van der Waals surface area contributed by atoms with Crippen molar-refractivity contribution in [3.8, 4) is 11.5 Å². The maximum Gasteiger partial charge on any atom is 0.243 e. The molecule has 29 heavy (non-hydrogen) atoms. The minimum absolute atomic E-state index is 0.0121. The molecule has 1 amide bonds. The van der Waals surface area contributed by atoms with Gasteiger partial charge >= 0.3 is 0 Å². The summed E-state index contributed by atoms with van der Waals surface area (Å²) >= 11 is 0. The number of rotatable bonds is 6. The molecule has 0 spiro atoms. The first-order valence-electron chi connectivity index (χ1n) is 10.2. The highest BCUT2D eigenvalue weighted by molar-refractivity contribution is 7.89. The summed E-state index contributed by atoms with van der Waals surface area (Å²) in [6.07, 6.45) is 5.59. The minimum Gasteiger partial charge on any atom is -0.455 e. The highest BCUT2D eigenvalue weighted by Gasteiger charge is 2.29. The van der Waals surface area contributed by atoms with Crippen LogP contribution in [0.5, 0.6) is 11.5 Å². The first-order chi connectivity index (χ1) is 14.0. The summed E-state index contributed by atoms with van der Waals surface area (Å²) < 4.78 is 33.6. The van der Waals surface area contributed by atoms with E-state index in [0.29, 0.717) is 30.3 Å². The number of para-hydroxylation sites is 1. The van der Waals surface area contributed by atoms with E-state index in [1.807, 2.05) is 30.3 Å². The number of hydrogen-bond donors (Lipinski definition) is 1. The Balaban J connectivity index is 1.65. The fraction of sp³-hybridized carbons (Fsp3) is 0.409. The fourth-order valence-corrected chi connectivity index (χ4v) is 5.18. The normalized spacial score (nSPS) is 18.1. The molecule has 4 rings (SSSR count). The van der Waals surface area contributed by atoms with Gasteiger partial charge in [-0.15, -0.1) is 0 Å². The Bertz CT molecular complexity index is 966. The molecule has 154 valence electrons. The van der Waals surface area contributed by atoms with Gasteiger partial charge in [0.25, 0.3) is 0 Å². The summed E-state index contributed by atoms with van der Waals surface area (Å²) in [7, 11) is -3.60. The van der Waals surface area contributed by atoms with Gasteiger partial charge in [0.15, 0.2) is 5.75 Å². The van der Waals surface area contributed by atoms with Crippen molar-refractivity contribution >= 4 is 21.6 Å². The Morgan fingerprint density at radius 3 is 2.34 bits per heavy atom. The highest BCUT2D eigenvalue weighted by atomic mass is 32.2. The summed E-state index contributed by atoms with van der Waals surface area (Å²) in [5.41, 5.74) is 0.392. The predicted octanol–water partition coefficient (Wildman–Crippen LogP) is 4.39. The first kappa shape index (κ1) is 19.9. The van der Waals surface area contributed by atoms with Gasteiger partial charge in [0.2, 0.25) is 15.9 Å². The summed E-state index contributed by atoms with van der Waals surface area (Å²) in [5, 5.41) is 2.90. The maximum absolute atomic E-state index is 13.1. The lowest BCUT2D eigenvalue weighted by Gasteiger charge is -2.27. The fourth-order valence-electron chi connectivity index (χ4n) is 3.63. The molecule has 1 N–H and O–H groups in total. The van der Waals surface area contributed by atoms with E-state index in [1.54, 1.807) is 12.1 Å². The number of ether oxygens (including phenoxy) is 1. The monoisotopic (exact) mass is 414 g/mol. The summed E-state index contributed by atoms with van der Waals surface area (Å²) in [6.45, 7) is 1.07. The van der Waals surface area contributed by atoms with Gasteiger partial charge < -0.3 is 10.1 Å². The van der Waals surface area contributed by atoms with Crippen molar-refractivity contribution in [1.82, 2.24) is 4.31 Å². The van der Waals surface area contributed by atoms with Crippen LogP contribution in [-0.4, -0.2) is 31.7 Å². The lowest BCUT2D eigenvalue weighted by molar-refractivity contribution is -0.122. The van der Waals surface area contributed by atoms with E-state index in [2.05, 4.69) is 5.32 Å². The van der Waals surface area contributed by atoms with Crippen LogP contribution in [0, 0.1) is 5.92 Å². The van der Waals surface area contributed by atoms with E-state index < -0.39 is 10.0 Å². The van der Waals surface area contributed by atoms with E-state index in [9.17, 15) is 13.2 Å². The van der Waals surface area contributed by atoms with Crippen LogP contribution < -0.4 is 10.1 Å². The Hall–Kier alpha value is -2.38. The standard InChI is InChI=1S/C22H26N2O4S/c25-22(17-8-7-9-17)23-20-16-19(29(26,27)24-14-5-2-6-15-24)12-13-21(20)28-18-10-3-1-4-11-18/h1,3-4,10-13,16-17H,2,5-9,14-15H2,(H,23,25). The number of amides is 1. The third kappa shape index (κ3) is 4.46. The van der Waals surface area contributed by atoms with Gasteiger partial charge in [-0.1, -0.05) is 31.0 Å². The number of anilines is 1. The molecule has 1 aliphatic carbocycles. The predicted molar refractivity (Wildman–Crippen MR) is 112 cm³/mol. The maximum atomic E-state index is 13.1. The van der Waals surface area contributed by atoms with E-state index in [4.69, 9.17) is 4.74 Å². The number of sulfonamides is 1. The smallest absolute Gasteiger partial charge is 0.243 e. The van der Waals surface area contributed by atoms with Crippen LogP contribution in [0.4, 0.5) is 5.69 Å². The first-order valence-corrected chi connectivity index (χ1v) is 11.7. The van der Waals surface area contributed by atoms with Crippen LogP contribution in [0.3, 0.4) is 0 Å². The molecule has 1 saturated carbocycles. The van der Waals surface area contributed by atoms with Crippen molar-refractivity contribution in [2.75, 3.05) is 18.4 Å². The van der Waals surface area contributed by atoms with Gasteiger partial charge in [0, 0.05) is 19.0 Å². The van der Waals surface area contributed by atoms with Crippen molar-refractivity contribution in [1.29, 1.82) is 0 Å². The van der Waals surface area contributed by atoms with Gasteiger partial charge in [-0.2, -0.15) is 4.31 Å². The zero-order valence-electron chi connectivity index (χ0n) is 16.3. The average molecular weight is 415 g/mol. The Kier molecular flexibility index (Phi) is 5.87. The highest BCUT2D eigenvalue weighted by Crippen LogP contribution is 2.35. The molecule has 0 bridgehead atoms. The lowest BCUT2D eigenvalue weighted by atomic mass is 9.85. The van der Waals surface area contributed by atoms with Crippen LogP contribution >= 0.6 is 0 Å².